The molecule has 0 amide bonds. The highest BCUT2D eigenvalue weighted by atomic mass is 32.2. The molecule has 2 aromatic heterocycles. The van der Waals surface area contributed by atoms with Gasteiger partial charge in [-0.2, -0.15) is 0 Å². The fourth-order valence-corrected chi connectivity index (χ4v) is 4.46. The summed E-state index contributed by atoms with van der Waals surface area (Å²) in [6.07, 6.45) is 2.49. The van der Waals surface area contributed by atoms with E-state index in [1.807, 2.05) is 19.9 Å². The molecule has 0 spiro atoms. The van der Waals surface area contributed by atoms with E-state index in [-0.39, 0.29) is 0 Å². The van der Waals surface area contributed by atoms with Gasteiger partial charge in [0.1, 0.15) is 4.21 Å². The summed E-state index contributed by atoms with van der Waals surface area (Å²) in [6, 6.07) is 3.47. The Morgan fingerprint density at radius 3 is 2.65 bits per heavy atom. The highest BCUT2D eigenvalue weighted by molar-refractivity contribution is 7.94. The van der Waals surface area contributed by atoms with Crippen molar-refractivity contribution in [3.63, 3.8) is 0 Å². The summed E-state index contributed by atoms with van der Waals surface area (Å²) in [5.41, 5.74) is 0. The number of thiazole rings is 1. The van der Waals surface area contributed by atoms with Gasteiger partial charge in [0, 0.05) is 16.0 Å². The zero-order valence-corrected chi connectivity index (χ0v) is 11.9. The molecule has 2 heterocycles. The van der Waals surface area contributed by atoms with Crippen LogP contribution in [0, 0.1) is 6.92 Å². The number of nitrogens with zero attached hydrogens (tertiary/aromatic N) is 1. The smallest absolute Gasteiger partial charge is 0.254 e. The molecule has 0 saturated carbocycles. The van der Waals surface area contributed by atoms with Gasteiger partial charge in [0.25, 0.3) is 10.0 Å². The highest BCUT2D eigenvalue weighted by Gasteiger charge is 2.17. The molecule has 7 heteroatoms. The second kappa shape index (κ2) is 4.75. The molecule has 0 radical (unpaired) electrons. The van der Waals surface area contributed by atoms with Crippen molar-refractivity contribution < 1.29 is 8.42 Å². The molecule has 0 bridgehead atoms. The molecule has 92 valence electrons. The minimum atomic E-state index is -3.47. The van der Waals surface area contributed by atoms with Gasteiger partial charge in [0.15, 0.2) is 5.13 Å². The van der Waals surface area contributed by atoms with Crippen LogP contribution < -0.4 is 4.72 Å². The Balaban J connectivity index is 2.24. The van der Waals surface area contributed by atoms with Crippen LogP contribution in [-0.2, 0) is 16.4 Å². The molecule has 0 unspecified atom stereocenters. The lowest BCUT2D eigenvalue weighted by Gasteiger charge is -2.01. The van der Waals surface area contributed by atoms with E-state index in [9.17, 15) is 8.42 Å². The van der Waals surface area contributed by atoms with Crippen molar-refractivity contribution in [2.75, 3.05) is 4.72 Å². The van der Waals surface area contributed by atoms with Crippen LogP contribution in [0.3, 0.4) is 0 Å². The summed E-state index contributed by atoms with van der Waals surface area (Å²) in [7, 11) is -3.47. The minimum absolute atomic E-state index is 0.335. The van der Waals surface area contributed by atoms with Gasteiger partial charge in [-0.25, -0.2) is 13.4 Å². The first kappa shape index (κ1) is 12.5. The molecule has 0 fully saturated rings. The molecule has 0 aromatic carbocycles. The van der Waals surface area contributed by atoms with Gasteiger partial charge in [0.05, 0.1) is 0 Å². The standard InChI is InChI=1S/C10H12N2O2S3/c1-3-8-4-5-9(16-8)17(13,14)12-10-11-6-7(2)15-10/h4-6H,3H2,1-2H3,(H,11,12). The van der Waals surface area contributed by atoms with E-state index in [0.717, 1.165) is 16.2 Å². The van der Waals surface area contributed by atoms with Gasteiger partial charge in [0.2, 0.25) is 0 Å². The number of hydrogen-bond acceptors (Lipinski definition) is 5. The summed E-state index contributed by atoms with van der Waals surface area (Å²) < 4.78 is 26.8. The van der Waals surface area contributed by atoms with Gasteiger partial charge < -0.3 is 0 Å². The third-order valence-corrected chi connectivity index (χ3v) is 6.11. The maximum Gasteiger partial charge on any atom is 0.273 e. The Bertz CT molecular complexity index is 613. The summed E-state index contributed by atoms with van der Waals surface area (Å²) in [5.74, 6) is 0. The van der Waals surface area contributed by atoms with E-state index in [2.05, 4.69) is 9.71 Å². The third-order valence-electron chi connectivity index (χ3n) is 2.09. The predicted molar refractivity (Wildman–Crippen MR) is 71.4 cm³/mol. The normalized spacial score (nSPS) is 11.6. The van der Waals surface area contributed by atoms with E-state index < -0.39 is 10.0 Å². The molecule has 0 saturated heterocycles. The molecule has 2 aromatic rings. The van der Waals surface area contributed by atoms with Crippen molar-refractivity contribution >= 4 is 37.8 Å². The monoisotopic (exact) mass is 288 g/mol. The number of aryl methyl sites for hydroxylation is 2. The fourth-order valence-electron chi connectivity index (χ4n) is 1.26. The molecule has 0 aliphatic heterocycles. The molecular formula is C10H12N2O2S3. The first-order chi connectivity index (χ1) is 8.01. The predicted octanol–water partition coefficient (Wildman–Crippen LogP) is 2.88. The Kier molecular flexibility index (Phi) is 3.50. The van der Waals surface area contributed by atoms with Crippen LogP contribution in [0.25, 0.3) is 0 Å². The summed E-state index contributed by atoms with van der Waals surface area (Å²) >= 11 is 2.62. The largest absolute Gasteiger partial charge is 0.273 e. The summed E-state index contributed by atoms with van der Waals surface area (Å²) in [4.78, 5) is 6.02. The molecule has 1 N–H and O–H groups in total. The van der Waals surface area contributed by atoms with Crippen LogP contribution in [0.4, 0.5) is 5.13 Å². The third kappa shape index (κ3) is 2.85. The van der Waals surface area contributed by atoms with Crippen LogP contribution >= 0.6 is 22.7 Å². The van der Waals surface area contributed by atoms with E-state index in [0.29, 0.717) is 9.34 Å². The van der Waals surface area contributed by atoms with Gasteiger partial charge in [-0.1, -0.05) is 6.92 Å². The Morgan fingerprint density at radius 1 is 1.35 bits per heavy atom. The van der Waals surface area contributed by atoms with Crippen LogP contribution in [0.15, 0.2) is 22.5 Å². The number of nitrogens with one attached hydrogen (secondary N) is 1. The number of sulfonamides is 1. The maximum atomic E-state index is 12.0. The van der Waals surface area contributed by atoms with Crippen molar-refractivity contribution in [2.24, 2.45) is 0 Å². The van der Waals surface area contributed by atoms with Crippen molar-refractivity contribution in [3.05, 3.63) is 28.1 Å². The summed E-state index contributed by atoms with van der Waals surface area (Å²) in [6.45, 7) is 3.88. The first-order valence-electron chi connectivity index (χ1n) is 5.05. The van der Waals surface area contributed by atoms with E-state index in [1.54, 1.807) is 12.3 Å². The van der Waals surface area contributed by atoms with Crippen LogP contribution in [0.2, 0.25) is 0 Å². The second-order valence-electron chi connectivity index (χ2n) is 3.46. The zero-order valence-electron chi connectivity index (χ0n) is 9.43. The topological polar surface area (TPSA) is 59.1 Å². The Morgan fingerprint density at radius 2 is 2.12 bits per heavy atom. The second-order valence-corrected chi connectivity index (χ2v) is 7.77. The Hall–Kier alpha value is -0.920. The maximum absolute atomic E-state index is 12.0. The molecule has 0 aliphatic rings. The van der Waals surface area contributed by atoms with Gasteiger partial charge in [-0.05, 0) is 25.5 Å². The van der Waals surface area contributed by atoms with Crippen molar-refractivity contribution in [1.29, 1.82) is 0 Å². The number of aromatic nitrogens is 1. The lowest BCUT2D eigenvalue weighted by atomic mass is 10.4. The molecule has 0 atom stereocenters. The lowest BCUT2D eigenvalue weighted by Crippen LogP contribution is -2.10. The quantitative estimate of drug-likeness (QED) is 0.941. The van der Waals surface area contributed by atoms with Crippen molar-refractivity contribution in [1.82, 2.24) is 4.98 Å². The molecule has 17 heavy (non-hydrogen) atoms. The number of rotatable bonds is 4. The summed E-state index contributed by atoms with van der Waals surface area (Å²) in [5, 5.41) is 0.411. The number of thiophene rings is 1. The van der Waals surface area contributed by atoms with E-state index in [4.69, 9.17) is 0 Å². The molecule has 2 rings (SSSR count). The Labute approximate surface area is 108 Å². The van der Waals surface area contributed by atoms with Crippen molar-refractivity contribution in [3.8, 4) is 0 Å². The average molecular weight is 288 g/mol. The van der Waals surface area contributed by atoms with Crippen LogP contribution in [0.1, 0.15) is 16.7 Å². The zero-order chi connectivity index (χ0) is 12.5. The minimum Gasteiger partial charge on any atom is -0.254 e. The van der Waals surface area contributed by atoms with Gasteiger partial charge in [-0.3, -0.25) is 4.72 Å². The van der Waals surface area contributed by atoms with Gasteiger partial charge >= 0.3 is 0 Å². The van der Waals surface area contributed by atoms with E-state index in [1.165, 1.54) is 22.7 Å². The van der Waals surface area contributed by atoms with Crippen LogP contribution in [-0.4, -0.2) is 13.4 Å². The molecular weight excluding hydrogens is 276 g/mol. The average Bonchev–Trinajstić information content (AvgIpc) is 2.86. The lowest BCUT2D eigenvalue weighted by molar-refractivity contribution is 0.603. The molecule has 0 aliphatic carbocycles. The number of hydrogen-bond donors (Lipinski definition) is 1. The SMILES string of the molecule is CCc1ccc(S(=O)(=O)Nc2ncc(C)s2)s1. The number of anilines is 1. The molecule has 4 nitrogen and oxygen atoms in total. The van der Waals surface area contributed by atoms with Gasteiger partial charge in [-0.15, -0.1) is 22.7 Å². The first-order valence-corrected chi connectivity index (χ1v) is 8.17. The fraction of sp³-hybridized carbons (Fsp3) is 0.300. The van der Waals surface area contributed by atoms with E-state index >= 15 is 0 Å². The highest BCUT2D eigenvalue weighted by Crippen LogP contribution is 2.25. The van der Waals surface area contributed by atoms with Crippen molar-refractivity contribution in [2.45, 2.75) is 24.5 Å². The van der Waals surface area contributed by atoms with Crippen LogP contribution in [0.5, 0.6) is 0 Å².